The Balaban J connectivity index is 1.91. The summed E-state index contributed by atoms with van der Waals surface area (Å²) in [5, 5.41) is 13.6. The van der Waals surface area contributed by atoms with E-state index in [-0.39, 0.29) is 0 Å². The number of aryl methyl sites for hydroxylation is 1. The molecule has 1 aliphatic rings. The molecule has 1 aromatic rings. The van der Waals surface area contributed by atoms with Gasteiger partial charge in [0.2, 0.25) is 0 Å². The third-order valence-electron chi connectivity index (χ3n) is 4.11. The maximum absolute atomic E-state index is 11.3. The molecule has 5 heteroatoms. The third kappa shape index (κ3) is 4.43. The van der Waals surface area contributed by atoms with Crippen molar-refractivity contribution in [2.45, 2.75) is 77.2 Å². The minimum Gasteiger partial charge on any atom is -0.481 e. The highest BCUT2D eigenvalue weighted by Gasteiger charge is 2.30. The number of fused-ring (bicyclic) bond motifs is 1. The highest BCUT2D eigenvalue weighted by Crippen LogP contribution is 2.37. The van der Waals surface area contributed by atoms with Gasteiger partial charge in [-0.25, -0.2) is 4.98 Å². The van der Waals surface area contributed by atoms with Gasteiger partial charge in [0, 0.05) is 10.9 Å². The Morgan fingerprint density at radius 1 is 1.48 bits per heavy atom. The SMILES string of the molecule is CCCCCCC(C)Nc1nc2c(s1)CCCC2C(=O)O. The number of hydrogen-bond donors (Lipinski definition) is 2. The van der Waals surface area contributed by atoms with Crippen molar-refractivity contribution < 1.29 is 9.90 Å². The van der Waals surface area contributed by atoms with E-state index in [0.717, 1.165) is 41.4 Å². The van der Waals surface area contributed by atoms with Crippen molar-refractivity contribution in [2.24, 2.45) is 0 Å². The molecule has 0 bridgehead atoms. The second kappa shape index (κ2) is 7.78. The lowest BCUT2D eigenvalue weighted by Crippen LogP contribution is -2.18. The zero-order valence-corrected chi connectivity index (χ0v) is 13.8. The van der Waals surface area contributed by atoms with Crippen LogP contribution < -0.4 is 5.32 Å². The van der Waals surface area contributed by atoms with E-state index in [0.29, 0.717) is 6.04 Å². The van der Waals surface area contributed by atoms with E-state index in [1.807, 2.05) is 0 Å². The summed E-state index contributed by atoms with van der Waals surface area (Å²) in [5.74, 6) is -1.14. The van der Waals surface area contributed by atoms with Crippen LogP contribution in [-0.4, -0.2) is 22.1 Å². The summed E-state index contributed by atoms with van der Waals surface area (Å²) >= 11 is 1.64. The molecule has 0 radical (unpaired) electrons. The van der Waals surface area contributed by atoms with Gasteiger partial charge in [0.25, 0.3) is 0 Å². The standard InChI is InChI=1S/C16H26N2O2S/c1-3-4-5-6-8-11(2)17-16-18-14-12(15(19)20)9-7-10-13(14)21-16/h11-12H,3-10H2,1-2H3,(H,17,18)(H,19,20). The molecule has 2 N–H and O–H groups in total. The van der Waals surface area contributed by atoms with Gasteiger partial charge in [0.05, 0.1) is 5.69 Å². The second-order valence-corrected chi connectivity index (χ2v) is 7.09. The first kappa shape index (κ1) is 16.3. The van der Waals surface area contributed by atoms with Crippen molar-refractivity contribution in [2.75, 3.05) is 5.32 Å². The average Bonchev–Trinajstić information content (AvgIpc) is 2.85. The molecule has 1 aromatic heterocycles. The minimum atomic E-state index is -0.736. The van der Waals surface area contributed by atoms with Gasteiger partial charge in [-0.15, -0.1) is 11.3 Å². The van der Waals surface area contributed by atoms with Crippen molar-refractivity contribution in [1.29, 1.82) is 0 Å². The molecule has 2 rings (SSSR count). The fourth-order valence-corrected chi connectivity index (χ4v) is 4.06. The maximum atomic E-state index is 11.3. The van der Waals surface area contributed by atoms with E-state index in [9.17, 15) is 9.90 Å². The summed E-state index contributed by atoms with van der Waals surface area (Å²) < 4.78 is 0. The van der Waals surface area contributed by atoms with Crippen LogP contribution in [0.4, 0.5) is 5.13 Å². The Hall–Kier alpha value is -1.10. The molecule has 0 spiro atoms. The monoisotopic (exact) mass is 310 g/mol. The molecular weight excluding hydrogens is 284 g/mol. The Morgan fingerprint density at radius 2 is 2.29 bits per heavy atom. The predicted molar refractivity (Wildman–Crippen MR) is 87.3 cm³/mol. The van der Waals surface area contributed by atoms with Gasteiger partial charge in [-0.3, -0.25) is 4.79 Å². The van der Waals surface area contributed by atoms with E-state index in [2.05, 4.69) is 24.1 Å². The molecule has 1 aliphatic carbocycles. The van der Waals surface area contributed by atoms with Crippen molar-refractivity contribution in [1.82, 2.24) is 4.98 Å². The number of thiazole rings is 1. The van der Waals surface area contributed by atoms with Crippen LogP contribution in [-0.2, 0) is 11.2 Å². The van der Waals surface area contributed by atoms with Gasteiger partial charge in [-0.2, -0.15) is 0 Å². The van der Waals surface area contributed by atoms with Crippen LogP contribution in [0.5, 0.6) is 0 Å². The lowest BCUT2D eigenvalue weighted by molar-refractivity contribution is -0.139. The van der Waals surface area contributed by atoms with Gasteiger partial charge < -0.3 is 10.4 Å². The molecule has 4 nitrogen and oxygen atoms in total. The van der Waals surface area contributed by atoms with E-state index < -0.39 is 11.9 Å². The first-order chi connectivity index (χ1) is 10.1. The van der Waals surface area contributed by atoms with Crippen molar-refractivity contribution in [3.8, 4) is 0 Å². The highest BCUT2D eigenvalue weighted by atomic mass is 32.1. The van der Waals surface area contributed by atoms with Gasteiger partial charge in [-0.1, -0.05) is 32.6 Å². The molecule has 0 fully saturated rings. The number of carboxylic acid groups (broad SMARTS) is 1. The Kier molecular flexibility index (Phi) is 6.03. The number of carbonyl (C=O) groups is 1. The molecule has 0 saturated heterocycles. The molecule has 0 saturated carbocycles. The zero-order valence-electron chi connectivity index (χ0n) is 13.0. The summed E-state index contributed by atoms with van der Waals surface area (Å²) in [5.41, 5.74) is 0.805. The predicted octanol–water partition coefficient (Wildman–Crippen LogP) is 4.42. The minimum absolute atomic E-state index is 0.401. The number of hydrogen-bond acceptors (Lipinski definition) is 4. The van der Waals surface area contributed by atoms with Crippen molar-refractivity contribution >= 4 is 22.4 Å². The molecule has 21 heavy (non-hydrogen) atoms. The van der Waals surface area contributed by atoms with Gasteiger partial charge in [0.1, 0.15) is 5.92 Å². The number of rotatable bonds is 8. The molecular formula is C16H26N2O2S. The van der Waals surface area contributed by atoms with E-state index in [4.69, 9.17) is 0 Å². The Labute approximate surface area is 131 Å². The molecule has 2 unspecified atom stereocenters. The smallest absolute Gasteiger partial charge is 0.312 e. The fourth-order valence-electron chi connectivity index (χ4n) is 2.88. The lowest BCUT2D eigenvalue weighted by Gasteiger charge is -2.16. The number of aromatic nitrogens is 1. The summed E-state index contributed by atoms with van der Waals surface area (Å²) in [4.78, 5) is 17.0. The van der Waals surface area contributed by atoms with Crippen LogP contribution in [0.25, 0.3) is 0 Å². The van der Waals surface area contributed by atoms with E-state index in [1.165, 1.54) is 25.7 Å². The topological polar surface area (TPSA) is 62.2 Å². The first-order valence-corrected chi connectivity index (χ1v) is 8.92. The first-order valence-electron chi connectivity index (χ1n) is 8.10. The van der Waals surface area contributed by atoms with Gasteiger partial charge in [0.15, 0.2) is 5.13 Å². The van der Waals surface area contributed by atoms with Crippen LogP contribution >= 0.6 is 11.3 Å². The molecule has 2 atom stereocenters. The van der Waals surface area contributed by atoms with Crippen molar-refractivity contribution in [3.05, 3.63) is 10.6 Å². The summed E-state index contributed by atoms with van der Waals surface area (Å²) in [7, 11) is 0. The molecule has 0 aliphatic heterocycles. The summed E-state index contributed by atoms with van der Waals surface area (Å²) in [6.45, 7) is 4.40. The quantitative estimate of drug-likeness (QED) is 0.698. The molecule has 0 aromatic carbocycles. The molecule has 0 amide bonds. The largest absolute Gasteiger partial charge is 0.481 e. The highest BCUT2D eigenvalue weighted by molar-refractivity contribution is 7.15. The second-order valence-electron chi connectivity index (χ2n) is 6.01. The molecule has 1 heterocycles. The van der Waals surface area contributed by atoms with Crippen LogP contribution in [0, 0.1) is 0 Å². The number of aliphatic carboxylic acids is 1. The van der Waals surface area contributed by atoms with Crippen LogP contribution in [0.1, 0.15) is 75.3 Å². The van der Waals surface area contributed by atoms with E-state index >= 15 is 0 Å². The Bertz CT molecular complexity index is 473. The lowest BCUT2D eigenvalue weighted by atomic mass is 9.91. The normalized spacial score (nSPS) is 19.0. The number of carboxylic acids is 1. The zero-order chi connectivity index (χ0) is 15.2. The molecule has 118 valence electrons. The van der Waals surface area contributed by atoms with Gasteiger partial charge >= 0.3 is 5.97 Å². The van der Waals surface area contributed by atoms with E-state index in [1.54, 1.807) is 11.3 Å². The number of nitrogens with one attached hydrogen (secondary N) is 1. The van der Waals surface area contributed by atoms with Crippen LogP contribution in [0.15, 0.2) is 0 Å². The van der Waals surface area contributed by atoms with Crippen molar-refractivity contribution in [3.63, 3.8) is 0 Å². The number of anilines is 1. The van der Waals surface area contributed by atoms with Crippen LogP contribution in [0.2, 0.25) is 0 Å². The fraction of sp³-hybridized carbons (Fsp3) is 0.750. The maximum Gasteiger partial charge on any atom is 0.312 e. The van der Waals surface area contributed by atoms with Crippen LogP contribution in [0.3, 0.4) is 0 Å². The number of nitrogens with zero attached hydrogens (tertiary/aromatic N) is 1. The average molecular weight is 310 g/mol. The summed E-state index contributed by atoms with van der Waals surface area (Å²) in [6.07, 6.45) is 8.89. The Morgan fingerprint density at radius 3 is 3.00 bits per heavy atom. The summed E-state index contributed by atoms with van der Waals surface area (Å²) in [6, 6.07) is 0.401. The van der Waals surface area contributed by atoms with Gasteiger partial charge in [-0.05, 0) is 32.6 Å². The third-order valence-corrected chi connectivity index (χ3v) is 5.18. The number of unbranched alkanes of at least 4 members (excludes halogenated alkanes) is 3.